The van der Waals surface area contributed by atoms with E-state index < -0.39 is 0 Å². The van der Waals surface area contributed by atoms with Crippen LogP contribution in [0.25, 0.3) is 0 Å². The second-order valence-electron chi connectivity index (χ2n) is 3.70. The number of nitrogens with one attached hydrogen (secondary N) is 1. The van der Waals surface area contributed by atoms with Gasteiger partial charge >= 0.3 is 0 Å². The molecular weight excluding hydrogens is 172 g/mol. The minimum atomic E-state index is 0.163. The summed E-state index contributed by atoms with van der Waals surface area (Å²) in [4.78, 5) is 0. The third-order valence-electron chi connectivity index (χ3n) is 2.48. The summed E-state index contributed by atoms with van der Waals surface area (Å²) < 4.78 is 0. The van der Waals surface area contributed by atoms with E-state index >= 15 is 0 Å². The quantitative estimate of drug-likeness (QED) is 0.432. The normalized spacial score (nSPS) is 12.5. The molecule has 2 nitrogen and oxygen atoms in total. The smallest absolute Gasteiger partial charge is 0.0454 e. The Morgan fingerprint density at radius 2 is 2.14 bits per heavy atom. The molecule has 0 fully saturated rings. The maximum atomic E-state index is 5.46. The first-order chi connectivity index (χ1) is 6.65. The fourth-order valence-electron chi connectivity index (χ4n) is 1.43. The minimum Gasteiger partial charge on any atom is -0.271 e. The molecule has 0 saturated heterocycles. The number of benzene rings is 1. The minimum absolute atomic E-state index is 0.163. The summed E-state index contributed by atoms with van der Waals surface area (Å²) in [7, 11) is 0. The van der Waals surface area contributed by atoms with E-state index in [1.54, 1.807) is 0 Å². The average molecular weight is 190 g/mol. The fraction of sp³-hybridized carbons (Fsp3) is 0.333. The van der Waals surface area contributed by atoms with Gasteiger partial charge in [-0.15, -0.1) is 0 Å². The lowest BCUT2D eigenvalue weighted by molar-refractivity contribution is 0.590. The van der Waals surface area contributed by atoms with Crippen molar-refractivity contribution in [2.24, 2.45) is 5.84 Å². The molecule has 0 amide bonds. The van der Waals surface area contributed by atoms with E-state index in [9.17, 15) is 0 Å². The number of hydrazine groups is 1. The summed E-state index contributed by atoms with van der Waals surface area (Å²) in [5.41, 5.74) is 6.46. The van der Waals surface area contributed by atoms with Crippen LogP contribution in [0, 0.1) is 6.92 Å². The Hall–Kier alpha value is -1.12. The van der Waals surface area contributed by atoms with Crippen molar-refractivity contribution in [2.75, 3.05) is 0 Å². The van der Waals surface area contributed by atoms with Gasteiger partial charge in [0, 0.05) is 6.04 Å². The first-order valence-electron chi connectivity index (χ1n) is 4.81. The van der Waals surface area contributed by atoms with Crippen LogP contribution in [0.1, 0.15) is 18.1 Å². The lowest BCUT2D eigenvalue weighted by Crippen LogP contribution is -2.37. The Balaban J connectivity index is 2.77. The molecule has 2 heteroatoms. The summed E-state index contributed by atoms with van der Waals surface area (Å²) in [5.74, 6) is 5.46. The summed E-state index contributed by atoms with van der Waals surface area (Å²) in [6.07, 6.45) is 0.901. The summed E-state index contributed by atoms with van der Waals surface area (Å²) in [6.45, 7) is 8.01. The fourth-order valence-corrected chi connectivity index (χ4v) is 1.43. The Bertz CT molecular complexity index is 318. The molecule has 1 rings (SSSR count). The van der Waals surface area contributed by atoms with Crippen LogP contribution in [-0.2, 0) is 6.42 Å². The number of hydrogen-bond acceptors (Lipinski definition) is 2. The Kier molecular flexibility index (Phi) is 3.86. The molecule has 76 valence electrons. The maximum absolute atomic E-state index is 5.46. The van der Waals surface area contributed by atoms with Gasteiger partial charge in [0.2, 0.25) is 0 Å². The molecule has 0 spiro atoms. The van der Waals surface area contributed by atoms with Crippen molar-refractivity contribution in [1.29, 1.82) is 0 Å². The summed E-state index contributed by atoms with van der Waals surface area (Å²) in [5, 5.41) is 0. The molecule has 0 heterocycles. The van der Waals surface area contributed by atoms with E-state index in [-0.39, 0.29) is 6.04 Å². The van der Waals surface area contributed by atoms with Crippen molar-refractivity contribution in [3.05, 3.63) is 47.5 Å². The van der Waals surface area contributed by atoms with Gasteiger partial charge in [-0.3, -0.25) is 11.3 Å². The van der Waals surface area contributed by atoms with E-state index in [0.29, 0.717) is 0 Å². The lowest BCUT2D eigenvalue weighted by atomic mass is 9.98. The van der Waals surface area contributed by atoms with Crippen molar-refractivity contribution >= 4 is 0 Å². The number of rotatable bonds is 4. The molecule has 0 radical (unpaired) electrons. The van der Waals surface area contributed by atoms with Gasteiger partial charge in [0.1, 0.15) is 0 Å². The number of aryl methyl sites for hydroxylation is 1. The Morgan fingerprint density at radius 3 is 2.64 bits per heavy atom. The molecule has 1 aromatic carbocycles. The molecule has 14 heavy (non-hydrogen) atoms. The number of hydrogen-bond donors (Lipinski definition) is 2. The van der Waals surface area contributed by atoms with Gasteiger partial charge in [0.25, 0.3) is 0 Å². The second kappa shape index (κ2) is 4.94. The van der Waals surface area contributed by atoms with Gasteiger partial charge in [-0.2, -0.15) is 0 Å². The standard InChI is InChI=1S/C12H18N2/c1-9(2)12(14-13)8-11-7-5-4-6-10(11)3/h4-7,12,14H,1,8,13H2,2-3H3. The summed E-state index contributed by atoms with van der Waals surface area (Å²) >= 11 is 0. The third-order valence-corrected chi connectivity index (χ3v) is 2.48. The van der Waals surface area contributed by atoms with Crippen LogP contribution in [0.15, 0.2) is 36.4 Å². The largest absolute Gasteiger partial charge is 0.271 e. The Labute approximate surface area is 85.8 Å². The van der Waals surface area contributed by atoms with E-state index in [0.717, 1.165) is 12.0 Å². The molecule has 1 aromatic rings. The van der Waals surface area contributed by atoms with Crippen LogP contribution in [0.3, 0.4) is 0 Å². The van der Waals surface area contributed by atoms with E-state index in [2.05, 4.69) is 31.1 Å². The monoisotopic (exact) mass is 190 g/mol. The highest BCUT2D eigenvalue weighted by molar-refractivity contribution is 5.27. The molecule has 3 N–H and O–H groups in total. The molecule has 0 aliphatic rings. The van der Waals surface area contributed by atoms with Crippen LogP contribution in [0.5, 0.6) is 0 Å². The Morgan fingerprint density at radius 1 is 1.50 bits per heavy atom. The van der Waals surface area contributed by atoms with Gasteiger partial charge < -0.3 is 0 Å². The topological polar surface area (TPSA) is 38.0 Å². The second-order valence-corrected chi connectivity index (χ2v) is 3.70. The van der Waals surface area contributed by atoms with Crippen molar-refractivity contribution in [3.8, 4) is 0 Å². The van der Waals surface area contributed by atoms with Gasteiger partial charge in [-0.25, -0.2) is 0 Å². The van der Waals surface area contributed by atoms with Crippen molar-refractivity contribution in [2.45, 2.75) is 26.3 Å². The van der Waals surface area contributed by atoms with Crippen LogP contribution >= 0.6 is 0 Å². The molecule has 0 aliphatic carbocycles. The van der Waals surface area contributed by atoms with Crippen LogP contribution in [0.2, 0.25) is 0 Å². The predicted molar refractivity (Wildman–Crippen MR) is 60.8 cm³/mol. The third kappa shape index (κ3) is 2.69. The van der Waals surface area contributed by atoms with E-state index in [1.165, 1.54) is 11.1 Å². The highest BCUT2D eigenvalue weighted by atomic mass is 15.2. The average Bonchev–Trinajstić information content (AvgIpc) is 2.16. The molecule has 1 atom stereocenters. The maximum Gasteiger partial charge on any atom is 0.0454 e. The van der Waals surface area contributed by atoms with Gasteiger partial charge in [0.15, 0.2) is 0 Å². The van der Waals surface area contributed by atoms with Crippen LogP contribution in [0.4, 0.5) is 0 Å². The van der Waals surface area contributed by atoms with Gasteiger partial charge in [-0.05, 0) is 31.4 Å². The first-order valence-corrected chi connectivity index (χ1v) is 4.81. The highest BCUT2D eigenvalue weighted by Crippen LogP contribution is 2.12. The van der Waals surface area contributed by atoms with E-state index in [4.69, 9.17) is 5.84 Å². The SMILES string of the molecule is C=C(C)C(Cc1ccccc1C)NN. The van der Waals surface area contributed by atoms with Gasteiger partial charge in [0.05, 0.1) is 0 Å². The zero-order chi connectivity index (χ0) is 10.6. The first kappa shape index (κ1) is 11.0. The molecule has 0 bridgehead atoms. The molecule has 0 aliphatic heterocycles. The summed E-state index contributed by atoms with van der Waals surface area (Å²) in [6, 6.07) is 8.50. The molecular formula is C12H18N2. The van der Waals surface area contributed by atoms with Crippen molar-refractivity contribution in [3.63, 3.8) is 0 Å². The highest BCUT2D eigenvalue weighted by Gasteiger charge is 2.08. The predicted octanol–water partition coefficient (Wildman–Crippen LogP) is 1.95. The van der Waals surface area contributed by atoms with E-state index in [1.807, 2.05) is 19.1 Å². The van der Waals surface area contributed by atoms with Crippen molar-refractivity contribution in [1.82, 2.24) is 5.43 Å². The zero-order valence-corrected chi connectivity index (χ0v) is 8.88. The molecule has 1 unspecified atom stereocenters. The van der Waals surface area contributed by atoms with Crippen LogP contribution < -0.4 is 11.3 Å². The van der Waals surface area contributed by atoms with Gasteiger partial charge in [-0.1, -0.05) is 36.4 Å². The zero-order valence-electron chi connectivity index (χ0n) is 8.88. The van der Waals surface area contributed by atoms with Crippen molar-refractivity contribution < 1.29 is 0 Å². The molecule has 0 aromatic heterocycles. The van der Waals surface area contributed by atoms with Crippen LogP contribution in [-0.4, -0.2) is 6.04 Å². The number of nitrogens with two attached hydrogens (primary N) is 1. The molecule has 0 saturated carbocycles. The lowest BCUT2D eigenvalue weighted by Gasteiger charge is -2.16.